The molecular weight excluding hydrogens is 536 g/mol. The zero-order valence-electron chi connectivity index (χ0n) is 26.4. The minimum Gasteiger partial charge on any atom is -0.367 e. The smallest absolute Gasteiger partial charge is 0.225 e. The molecule has 2 aliphatic rings. The Morgan fingerprint density at radius 1 is 0.837 bits per heavy atom. The lowest BCUT2D eigenvalue weighted by Gasteiger charge is -2.32. The summed E-state index contributed by atoms with van der Waals surface area (Å²) >= 11 is 0. The first kappa shape index (κ1) is 31.6. The third kappa shape index (κ3) is 10.4. The van der Waals surface area contributed by atoms with Crippen LogP contribution in [0.4, 0.5) is 11.8 Å². The molecule has 1 aromatic carbocycles. The highest BCUT2D eigenvalue weighted by Gasteiger charge is 2.20. The Balaban J connectivity index is 1.03. The number of nitrogens with zero attached hydrogens (tertiary/aromatic N) is 6. The molecule has 0 radical (unpaired) electrons. The van der Waals surface area contributed by atoms with E-state index in [1.165, 1.54) is 64.3 Å². The van der Waals surface area contributed by atoms with Crippen molar-refractivity contribution in [1.29, 1.82) is 0 Å². The van der Waals surface area contributed by atoms with E-state index in [1.54, 1.807) is 0 Å². The number of hydrogen-bond acceptors (Lipinski definition) is 9. The van der Waals surface area contributed by atoms with E-state index in [9.17, 15) is 0 Å². The molecule has 0 atom stereocenters. The van der Waals surface area contributed by atoms with E-state index in [1.807, 2.05) is 16.9 Å². The van der Waals surface area contributed by atoms with Crippen LogP contribution in [-0.4, -0.2) is 81.2 Å². The molecule has 1 aliphatic heterocycles. The average molecular weight is 591 g/mol. The summed E-state index contributed by atoms with van der Waals surface area (Å²) in [6, 6.07) is 9.44. The number of benzene rings is 1. The van der Waals surface area contributed by atoms with Gasteiger partial charge in [0.15, 0.2) is 0 Å². The van der Waals surface area contributed by atoms with Gasteiger partial charge in [0, 0.05) is 37.1 Å². The second-order valence-corrected chi connectivity index (χ2v) is 12.5. The summed E-state index contributed by atoms with van der Waals surface area (Å²) < 4.78 is 1.94. The van der Waals surface area contributed by atoms with Gasteiger partial charge in [0.2, 0.25) is 5.95 Å². The maximum atomic E-state index is 4.90. The van der Waals surface area contributed by atoms with Gasteiger partial charge in [0.1, 0.15) is 11.5 Å². The number of rotatable bonds is 18. The van der Waals surface area contributed by atoms with Crippen LogP contribution in [0, 0.1) is 0 Å². The minimum atomic E-state index is 0.432. The number of anilines is 2. The van der Waals surface area contributed by atoms with Crippen LogP contribution in [0.2, 0.25) is 0 Å². The van der Waals surface area contributed by atoms with Crippen LogP contribution < -0.4 is 21.3 Å². The number of nitrogens with one attached hydrogen (secondary N) is 4. The van der Waals surface area contributed by atoms with Gasteiger partial charge in [-0.1, -0.05) is 56.4 Å². The van der Waals surface area contributed by atoms with E-state index >= 15 is 0 Å². The summed E-state index contributed by atoms with van der Waals surface area (Å²) in [5.41, 5.74) is 1.84. The maximum absolute atomic E-state index is 4.90. The van der Waals surface area contributed by atoms with Gasteiger partial charge in [-0.2, -0.15) is 4.98 Å². The molecule has 3 heterocycles. The summed E-state index contributed by atoms with van der Waals surface area (Å²) in [5, 5.41) is 24.2. The second-order valence-electron chi connectivity index (χ2n) is 12.5. The third-order valence-electron chi connectivity index (χ3n) is 8.93. The van der Waals surface area contributed by atoms with Gasteiger partial charge >= 0.3 is 0 Å². The zero-order valence-corrected chi connectivity index (χ0v) is 26.4. The van der Waals surface area contributed by atoms with Crippen LogP contribution in [0.1, 0.15) is 89.7 Å². The Morgan fingerprint density at radius 2 is 1.67 bits per heavy atom. The third-order valence-corrected chi connectivity index (χ3v) is 8.93. The first-order valence-corrected chi connectivity index (χ1v) is 17.1. The number of aryl methyl sites for hydroxylation is 1. The predicted octanol–water partition coefficient (Wildman–Crippen LogP) is 5.19. The predicted molar refractivity (Wildman–Crippen MR) is 176 cm³/mol. The molecule has 2 fully saturated rings. The number of hydrogen-bond donors (Lipinski definition) is 4. The van der Waals surface area contributed by atoms with Crippen molar-refractivity contribution in [2.45, 2.75) is 109 Å². The Morgan fingerprint density at radius 3 is 2.53 bits per heavy atom. The molecule has 0 amide bonds. The molecule has 0 spiro atoms. The van der Waals surface area contributed by atoms with Gasteiger partial charge in [-0.25, -0.2) is 4.98 Å². The molecule has 2 aromatic heterocycles. The van der Waals surface area contributed by atoms with Crippen molar-refractivity contribution in [2.75, 3.05) is 49.9 Å². The van der Waals surface area contributed by atoms with Gasteiger partial charge in [-0.05, 0) is 83.3 Å². The van der Waals surface area contributed by atoms with Crippen LogP contribution in [0.5, 0.6) is 0 Å². The number of unbranched alkanes of at least 4 members (excludes halogenated alkanes) is 2. The van der Waals surface area contributed by atoms with Crippen LogP contribution in [0.25, 0.3) is 10.9 Å². The summed E-state index contributed by atoms with van der Waals surface area (Å²) in [5.74, 6) is 1.54. The number of fused-ring (bicyclic) bond motifs is 1. The van der Waals surface area contributed by atoms with Crippen molar-refractivity contribution in [2.24, 2.45) is 0 Å². The zero-order chi connectivity index (χ0) is 29.5. The van der Waals surface area contributed by atoms with Gasteiger partial charge in [-0.15, -0.1) is 5.10 Å². The second kappa shape index (κ2) is 17.5. The van der Waals surface area contributed by atoms with Crippen molar-refractivity contribution < 1.29 is 0 Å². The molecule has 0 unspecified atom stereocenters. The molecule has 5 rings (SSSR count). The fourth-order valence-electron chi connectivity index (χ4n) is 6.36. The van der Waals surface area contributed by atoms with E-state index in [0.717, 1.165) is 87.0 Å². The van der Waals surface area contributed by atoms with E-state index in [2.05, 4.69) is 61.6 Å². The number of piperidine rings is 1. The maximum Gasteiger partial charge on any atom is 0.225 e. The largest absolute Gasteiger partial charge is 0.367 e. The van der Waals surface area contributed by atoms with E-state index < -0.39 is 0 Å². The van der Waals surface area contributed by atoms with E-state index in [4.69, 9.17) is 9.97 Å². The summed E-state index contributed by atoms with van der Waals surface area (Å²) in [4.78, 5) is 12.3. The van der Waals surface area contributed by atoms with Crippen molar-refractivity contribution >= 4 is 22.7 Å². The van der Waals surface area contributed by atoms with Crippen LogP contribution in [0.3, 0.4) is 0 Å². The fourth-order valence-corrected chi connectivity index (χ4v) is 6.36. The number of aromatic nitrogens is 5. The molecule has 4 N–H and O–H groups in total. The molecule has 43 heavy (non-hydrogen) atoms. The normalized spacial score (nSPS) is 17.0. The highest BCUT2D eigenvalue weighted by molar-refractivity contribution is 5.90. The summed E-state index contributed by atoms with van der Waals surface area (Å²) in [7, 11) is 0. The molecule has 0 bridgehead atoms. The van der Waals surface area contributed by atoms with Gasteiger partial charge in [0.05, 0.1) is 18.3 Å². The lowest BCUT2D eigenvalue weighted by Crippen LogP contribution is -2.39. The Hall–Kier alpha value is -2.82. The van der Waals surface area contributed by atoms with Crippen molar-refractivity contribution in [3.63, 3.8) is 0 Å². The summed E-state index contributed by atoms with van der Waals surface area (Å²) in [6.07, 6.45) is 17.4. The lowest BCUT2D eigenvalue weighted by atomic mass is 9.95. The lowest BCUT2D eigenvalue weighted by molar-refractivity contribution is 0.215. The first-order valence-electron chi connectivity index (χ1n) is 17.1. The molecule has 1 aliphatic carbocycles. The highest BCUT2D eigenvalue weighted by atomic mass is 15.4. The quantitative estimate of drug-likeness (QED) is 0.149. The fraction of sp³-hybridized carbons (Fsp3) is 0.697. The van der Waals surface area contributed by atoms with Crippen molar-refractivity contribution in [1.82, 2.24) is 40.5 Å². The van der Waals surface area contributed by atoms with E-state index in [0.29, 0.717) is 18.5 Å². The molecule has 10 nitrogen and oxygen atoms in total. The average Bonchev–Trinajstić information content (AvgIpc) is 3.50. The Labute approximate surface area is 258 Å². The van der Waals surface area contributed by atoms with Crippen LogP contribution in [-0.2, 0) is 13.1 Å². The summed E-state index contributed by atoms with van der Waals surface area (Å²) in [6.45, 7) is 10.4. The molecule has 236 valence electrons. The minimum absolute atomic E-state index is 0.432. The topological polar surface area (TPSA) is 108 Å². The number of para-hydroxylation sites is 1. The van der Waals surface area contributed by atoms with Crippen LogP contribution >= 0.6 is 0 Å². The molecule has 1 saturated carbocycles. The monoisotopic (exact) mass is 590 g/mol. The van der Waals surface area contributed by atoms with Gasteiger partial charge in [0.25, 0.3) is 0 Å². The van der Waals surface area contributed by atoms with Gasteiger partial charge in [-0.3, -0.25) is 4.68 Å². The van der Waals surface area contributed by atoms with Crippen LogP contribution in [0.15, 0.2) is 30.5 Å². The first-order chi connectivity index (χ1) is 21.3. The molecule has 3 aromatic rings. The number of likely N-dealkylation sites (tertiary alicyclic amines) is 1. The SMILES string of the molecule is CCCCCN1CCC(Nc2nc(NCc3cn(CCCNCCCNC4CCCCC4)nn3)nc3ccccc23)CC1. The molecular formula is C33H54N10. The Kier molecular flexibility index (Phi) is 12.8. The van der Waals surface area contributed by atoms with Crippen molar-refractivity contribution in [3.05, 3.63) is 36.2 Å². The van der Waals surface area contributed by atoms with E-state index in [-0.39, 0.29) is 0 Å². The molecule has 1 saturated heterocycles. The van der Waals surface area contributed by atoms with Crippen molar-refractivity contribution in [3.8, 4) is 0 Å². The standard InChI is InChI=1S/C33H54N10/c1-2-3-9-21-42-23-16-28(17-24-42)37-32-30-14-7-8-15-31(30)38-33(39-32)36-25-29-26-43(41-40-29)22-11-19-34-18-10-20-35-27-12-5-4-6-13-27/h7-8,14-15,26-28,34-35H,2-6,9-13,16-25H2,1H3,(H2,36,37,38,39). The highest BCUT2D eigenvalue weighted by Crippen LogP contribution is 2.25. The molecule has 10 heteroatoms. The van der Waals surface area contributed by atoms with Gasteiger partial charge < -0.3 is 26.2 Å². The Bertz CT molecular complexity index is 1200.